The van der Waals surface area contributed by atoms with Gasteiger partial charge in [-0.25, -0.2) is 8.42 Å². The third kappa shape index (κ3) is 7.60. The van der Waals surface area contributed by atoms with E-state index in [1.807, 2.05) is 32.0 Å². The smallest absolute Gasteiger partial charge is 0.238 e. The summed E-state index contributed by atoms with van der Waals surface area (Å²) in [5.74, 6) is -0.660. The van der Waals surface area contributed by atoms with Crippen molar-refractivity contribution in [3.05, 3.63) is 30.1 Å². The number of sulfone groups is 1. The van der Waals surface area contributed by atoms with Crippen LogP contribution in [0.25, 0.3) is 0 Å². The Bertz CT molecular complexity index is 645. The maximum Gasteiger partial charge on any atom is 0.238 e. The number of nitrogens with one attached hydrogen (secondary N) is 1. The maximum absolute atomic E-state index is 12.9. The molecule has 1 saturated heterocycles. The molecule has 1 unspecified atom stereocenters. The minimum absolute atomic E-state index is 0. The summed E-state index contributed by atoms with van der Waals surface area (Å²) in [6.07, 6.45) is 4.40. The summed E-state index contributed by atoms with van der Waals surface area (Å²) < 4.78 is 24.6. The molecule has 26 heavy (non-hydrogen) atoms. The maximum atomic E-state index is 12.9. The van der Waals surface area contributed by atoms with Gasteiger partial charge >= 0.3 is 0 Å². The van der Waals surface area contributed by atoms with Gasteiger partial charge < -0.3 is 10.2 Å². The molecule has 0 saturated carbocycles. The number of nitrogens with zero attached hydrogens (tertiary/aromatic N) is 2. The number of aromatic nitrogens is 1. The molecule has 2 rings (SSSR count). The average Bonchev–Trinajstić information content (AvgIpc) is 2.80. The van der Waals surface area contributed by atoms with Crippen LogP contribution >= 0.6 is 12.4 Å². The summed E-state index contributed by atoms with van der Waals surface area (Å²) in [6.45, 7) is 5.85. The number of hydrogen-bond acceptors (Lipinski definition) is 5. The Labute approximate surface area is 163 Å². The molecule has 1 fully saturated rings. The van der Waals surface area contributed by atoms with Crippen molar-refractivity contribution in [2.75, 3.05) is 24.6 Å². The van der Waals surface area contributed by atoms with Gasteiger partial charge in [-0.05, 0) is 50.4 Å². The second-order valence-corrected chi connectivity index (χ2v) is 9.24. The fourth-order valence-electron chi connectivity index (χ4n) is 3.24. The van der Waals surface area contributed by atoms with Crippen LogP contribution in [0.4, 0.5) is 0 Å². The number of rotatable bonds is 7. The Morgan fingerprint density at radius 2 is 2.08 bits per heavy atom. The monoisotopic (exact) mass is 403 g/mol. The normalized spacial score (nSPS) is 18.0. The van der Waals surface area contributed by atoms with Crippen LogP contribution in [0.5, 0.6) is 0 Å². The predicted molar refractivity (Wildman–Crippen MR) is 106 cm³/mol. The molecule has 0 bridgehead atoms. The number of carbonyl (C=O) groups is 1. The van der Waals surface area contributed by atoms with Crippen LogP contribution in [-0.4, -0.2) is 54.8 Å². The van der Waals surface area contributed by atoms with Gasteiger partial charge in [-0.1, -0.05) is 19.9 Å². The summed E-state index contributed by atoms with van der Waals surface area (Å²) in [4.78, 5) is 18.9. The van der Waals surface area contributed by atoms with E-state index < -0.39 is 15.6 Å². The molecule has 1 atom stereocenters. The zero-order valence-corrected chi connectivity index (χ0v) is 17.2. The van der Waals surface area contributed by atoms with E-state index in [0.717, 1.165) is 38.0 Å². The van der Waals surface area contributed by atoms with Gasteiger partial charge in [-0.15, -0.1) is 12.4 Å². The Kier molecular flexibility index (Phi) is 9.54. The first-order valence-electron chi connectivity index (χ1n) is 8.98. The van der Waals surface area contributed by atoms with Crippen LogP contribution in [-0.2, 0) is 21.2 Å². The van der Waals surface area contributed by atoms with Crippen molar-refractivity contribution in [1.29, 1.82) is 0 Å². The lowest BCUT2D eigenvalue weighted by molar-refractivity contribution is -0.131. The quantitative estimate of drug-likeness (QED) is 0.753. The zero-order valence-electron chi connectivity index (χ0n) is 15.6. The fraction of sp³-hybridized carbons (Fsp3) is 0.667. The number of halogens is 1. The van der Waals surface area contributed by atoms with E-state index in [0.29, 0.717) is 6.54 Å². The summed E-state index contributed by atoms with van der Waals surface area (Å²) >= 11 is 0. The second-order valence-electron chi connectivity index (χ2n) is 7.13. The van der Waals surface area contributed by atoms with Crippen LogP contribution in [0.2, 0.25) is 0 Å². The molecule has 0 aromatic carbocycles. The van der Waals surface area contributed by atoms with Gasteiger partial charge in [0.25, 0.3) is 0 Å². The molecule has 6 nitrogen and oxygen atoms in total. The Balaban J connectivity index is 0.00000338. The molecule has 8 heteroatoms. The van der Waals surface area contributed by atoms with E-state index in [-0.39, 0.29) is 36.0 Å². The molecule has 2 heterocycles. The zero-order chi connectivity index (χ0) is 18.3. The van der Waals surface area contributed by atoms with Crippen molar-refractivity contribution < 1.29 is 13.2 Å². The van der Waals surface area contributed by atoms with Gasteiger partial charge in [-0.3, -0.25) is 9.78 Å². The SMILES string of the molecule is CC(C)CS(=O)(=O)CC(=O)N(Cc1ccccn1)C1CCCNCC1.Cl. The van der Waals surface area contributed by atoms with Gasteiger partial charge in [0, 0.05) is 12.2 Å². The number of hydrogen-bond donors (Lipinski definition) is 1. The lowest BCUT2D eigenvalue weighted by Crippen LogP contribution is -2.43. The molecule has 1 aliphatic rings. The van der Waals surface area contributed by atoms with Crippen molar-refractivity contribution >= 4 is 28.2 Å². The fourth-order valence-corrected chi connectivity index (χ4v) is 4.91. The third-order valence-corrected chi connectivity index (χ3v) is 6.16. The lowest BCUT2D eigenvalue weighted by atomic mass is 10.1. The number of pyridine rings is 1. The highest BCUT2D eigenvalue weighted by Crippen LogP contribution is 2.17. The first-order valence-corrected chi connectivity index (χ1v) is 10.8. The minimum atomic E-state index is -3.39. The molecule has 1 aliphatic heterocycles. The molecular formula is C18H30ClN3O3S. The highest BCUT2D eigenvalue weighted by Gasteiger charge is 2.28. The third-order valence-electron chi connectivity index (χ3n) is 4.30. The Hall–Kier alpha value is -1.18. The van der Waals surface area contributed by atoms with E-state index >= 15 is 0 Å². The topological polar surface area (TPSA) is 79.4 Å². The summed E-state index contributed by atoms with van der Waals surface area (Å²) in [6, 6.07) is 5.64. The standard InChI is InChI=1S/C18H29N3O3S.ClH/c1-15(2)13-25(23,24)14-18(22)21(12-16-6-3-4-10-20-16)17-7-5-9-19-11-8-17;/h3-4,6,10,15,17,19H,5,7-9,11-14H2,1-2H3;1H. The van der Waals surface area contributed by atoms with Crippen LogP contribution in [0.1, 0.15) is 38.8 Å². The van der Waals surface area contributed by atoms with E-state index in [4.69, 9.17) is 0 Å². The molecule has 0 aliphatic carbocycles. The second kappa shape index (κ2) is 10.8. The summed E-state index contributed by atoms with van der Waals surface area (Å²) in [7, 11) is -3.39. The van der Waals surface area contributed by atoms with Crippen molar-refractivity contribution in [1.82, 2.24) is 15.2 Å². The minimum Gasteiger partial charge on any atom is -0.333 e. The van der Waals surface area contributed by atoms with E-state index in [1.165, 1.54) is 0 Å². The van der Waals surface area contributed by atoms with Crippen molar-refractivity contribution in [3.8, 4) is 0 Å². The van der Waals surface area contributed by atoms with E-state index in [1.54, 1.807) is 11.1 Å². The van der Waals surface area contributed by atoms with Gasteiger partial charge in [0.05, 0.1) is 18.0 Å². The summed E-state index contributed by atoms with van der Waals surface area (Å²) in [5.41, 5.74) is 0.786. The van der Waals surface area contributed by atoms with Gasteiger partial charge in [0.2, 0.25) is 5.91 Å². The molecule has 1 N–H and O–H groups in total. The number of carbonyl (C=O) groups excluding carboxylic acids is 1. The molecule has 0 radical (unpaired) electrons. The Morgan fingerprint density at radius 1 is 1.31 bits per heavy atom. The number of amides is 1. The van der Waals surface area contributed by atoms with Gasteiger partial charge in [0.1, 0.15) is 5.75 Å². The average molecular weight is 404 g/mol. The largest absolute Gasteiger partial charge is 0.333 e. The van der Waals surface area contributed by atoms with E-state index in [9.17, 15) is 13.2 Å². The first kappa shape index (κ1) is 22.9. The van der Waals surface area contributed by atoms with Gasteiger partial charge in [0.15, 0.2) is 9.84 Å². The van der Waals surface area contributed by atoms with Crippen LogP contribution < -0.4 is 5.32 Å². The predicted octanol–water partition coefficient (Wildman–Crippen LogP) is 2.04. The highest BCUT2D eigenvalue weighted by atomic mass is 35.5. The van der Waals surface area contributed by atoms with E-state index in [2.05, 4.69) is 10.3 Å². The molecule has 1 amide bonds. The lowest BCUT2D eigenvalue weighted by Gasteiger charge is -2.31. The Morgan fingerprint density at radius 3 is 2.73 bits per heavy atom. The molecule has 0 spiro atoms. The molecular weight excluding hydrogens is 374 g/mol. The molecule has 148 valence electrons. The van der Waals surface area contributed by atoms with Crippen LogP contribution in [0, 0.1) is 5.92 Å². The first-order chi connectivity index (χ1) is 11.9. The van der Waals surface area contributed by atoms with Crippen LogP contribution in [0.3, 0.4) is 0 Å². The van der Waals surface area contributed by atoms with Crippen molar-refractivity contribution in [2.45, 2.75) is 45.7 Å². The molecule has 1 aromatic heterocycles. The van der Waals surface area contributed by atoms with Crippen molar-refractivity contribution in [2.24, 2.45) is 5.92 Å². The highest BCUT2D eigenvalue weighted by molar-refractivity contribution is 7.92. The van der Waals surface area contributed by atoms with Crippen LogP contribution in [0.15, 0.2) is 24.4 Å². The van der Waals surface area contributed by atoms with Crippen molar-refractivity contribution in [3.63, 3.8) is 0 Å². The molecule has 1 aromatic rings. The summed E-state index contributed by atoms with van der Waals surface area (Å²) in [5, 5.41) is 3.34. The van der Waals surface area contributed by atoms with Gasteiger partial charge in [-0.2, -0.15) is 0 Å².